The highest BCUT2D eigenvalue weighted by molar-refractivity contribution is 5.77. The second-order valence-corrected chi connectivity index (χ2v) is 7.17. The number of hydrogen-bond acceptors (Lipinski definition) is 3. The van der Waals surface area contributed by atoms with Gasteiger partial charge in [0.25, 0.3) is 0 Å². The van der Waals surface area contributed by atoms with Gasteiger partial charge >= 0.3 is 6.03 Å². The van der Waals surface area contributed by atoms with Crippen LogP contribution in [0.3, 0.4) is 0 Å². The van der Waals surface area contributed by atoms with Crippen molar-refractivity contribution >= 4 is 17.4 Å². The summed E-state index contributed by atoms with van der Waals surface area (Å²) in [4.78, 5) is 16.5. The van der Waals surface area contributed by atoms with E-state index in [0.29, 0.717) is 11.7 Å². The highest BCUT2D eigenvalue weighted by Gasteiger charge is 2.26. The number of anilines is 2. The number of rotatable bonds is 4. The zero-order valence-electron chi connectivity index (χ0n) is 15.7. The molecule has 0 unspecified atom stereocenters. The van der Waals surface area contributed by atoms with Crippen molar-refractivity contribution in [2.24, 2.45) is 0 Å². The molecule has 1 aliphatic heterocycles. The van der Waals surface area contributed by atoms with Crippen LogP contribution in [0.1, 0.15) is 26.7 Å². The van der Waals surface area contributed by atoms with Gasteiger partial charge in [0.1, 0.15) is 5.82 Å². The molecule has 0 saturated carbocycles. The van der Waals surface area contributed by atoms with Gasteiger partial charge in [-0.25, -0.2) is 9.18 Å². The Kier molecular flexibility index (Phi) is 5.49. The summed E-state index contributed by atoms with van der Waals surface area (Å²) in [6, 6.07) is 9.45. The Morgan fingerprint density at radius 3 is 2.50 bits per heavy atom. The molecule has 0 radical (unpaired) electrons. The molecular weight excluding hydrogens is 331 g/mol. The van der Waals surface area contributed by atoms with Crippen LogP contribution >= 0.6 is 0 Å². The van der Waals surface area contributed by atoms with E-state index >= 15 is 0 Å². The number of amides is 1. The molecule has 6 heteroatoms. The van der Waals surface area contributed by atoms with Crippen molar-refractivity contribution in [1.29, 1.82) is 0 Å². The highest BCUT2D eigenvalue weighted by atomic mass is 19.1. The molecule has 0 bridgehead atoms. The standard InChI is InChI=1S/C20H27FN4O/c1-15(2)22-19-14-17(6-7-18(19)21)23(3)16-8-12-25(13-9-16)20(26)24-10-4-5-11-24/h4-7,10-11,14-16,22H,8-9,12-13H2,1-3H3. The van der Waals surface area contributed by atoms with Gasteiger partial charge in [0.05, 0.1) is 5.69 Å². The van der Waals surface area contributed by atoms with Gasteiger partial charge in [0, 0.05) is 50.3 Å². The molecule has 26 heavy (non-hydrogen) atoms. The molecule has 3 rings (SSSR count). The van der Waals surface area contributed by atoms with Crippen molar-refractivity contribution < 1.29 is 9.18 Å². The summed E-state index contributed by atoms with van der Waals surface area (Å²) in [5.41, 5.74) is 1.52. The first kappa shape index (κ1) is 18.3. The first-order valence-corrected chi connectivity index (χ1v) is 9.17. The minimum absolute atomic E-state index is 0.0290. The van der Waals surface area contributed by atoms with Crippen molar-refractivity contribution in [1.82, 2.24) is 9.47 Å². The monoisotopic (exact) mass is 358 g/mol. The molecule has 0 aliphatic carbocycles. The third-order valence-electron chi connectivity index (χ3n) is 4.91. The fourth-order valence-electron chi connectivity index (χ4n) is 3.43. The second-order valence-electron chi connectivity index (χ2n) is 7.17. The number of carbonyl (C=O) groups is 1. The third-order valence-corrected chi connectivity index (χ3v) is 4.91. The number of nitrogens with one attached hydrogen (secondary N) is 1. The van der Waals surface area contributed by atoms with Gasteiger partial charge < -0.3 is 15.1 Å². The highest BCUT2D eigenvalue weighted by Crippen LogP contribution is 2.27. The van der Waals surface area contributed by atoms with Crippen molar-refractivity contribution in [2.45, 2.75) is 38.8 Å². The van der Waals surface area contributed by atoms with Crippen molar-refractivity contribution in [3.05, 3.63) is 48.5 Å². The van der Waals surface area contributed by atoms with Crippen molar-refractivity contribution in [2.75, 3.05) is 30.4 Å². The van der Waals surface area contributed by atoms with Crippen LogP contribution in [0, 0.1) is 5.82 Å². The van der Waals surface area contributed by atoms with Crippen LogP contribution in [0.4, 0.5) is 20.6 Å². The maximum absolute atomic E-state index is 14.0. The topological polar surface area (TPSA) is 40.5 Å². The SMILES string of the molecule is CC(C)Nc1cc(N(C)C2CCN(C(=O)n3cccc3)CC2)ccc1F. The third kappa shape index (κ3) is 4.00. The van der Waals surface area contributed by atoms with Gasteiger partial charge in [-0.15, -0.1) is 0 Å². The maximum atomic E-state index is 14.0. The molecule has 5 nitrogen and oxygen atoms in total. The first-order chi connectivity index (χ1) is 12.5. The lowest BCUT2D eigenvalue weighted by Crippen LogP contribution is -2.46. The van der Waals surface area contributed by atoms with Crippen LogP contribution < -0.4 is 10.2 Å². The molecule has 1 saturated heterocycles. The summed E-state index contributed by atoms with van der Waals surface area (Å²) >= 11 is 0. The molecule has 2 heterocycles. The maximum Gasteiger partial charge on any atom is 0.328 e. The van der Waals surface area contributed by atoms with E-state index in [1.165, 1.54) is 6.07 Å². The van der Waals surface area contributed by atoms with Crippen molar-refractivity contribution in [3.63, 3.8) is 0 Å². The molecule has 0 spiro atoms. The van der Waals surface area contributed by atoms with Gasteiger partial charge in [0.15, 0.2) is 0 Å². The summed E-state index contributed by atoms with van der Waals surface area (Å²) in [7, 11) is 2.04. The fourth-order valence-corrected chi connectivity index (χ4v) is 3.43. The fraction of sp³-hybridized carbons (Fsp3) is 0.450. The van der Waals surface area contributed by atoms with Crippen LogP contribution in [-0.4, -0.2) is 47.7 Å². The van der Waals surface area contributed by atoms with Crippen LogP contribution in [0.25, 0.3) is 0 Å². The molecule has 1 N–H and O–H groups in total. The van der Waals surface area contributed by atoms with E-state index < -0.39 is 0 Å². The molecule has 1 aromatic heterocycles. The number of hydrogen-bond donors (Lipinski definition) is 1. The summed E-state index contributed by atoms with van der Waals surface area (Å²) in [5, 5.41) is 3.15. The molecule has 2 aromatic rings. The van der Waals surface area contributed by atoms with E-state index in [9.17, 15) is 9.18 Å². The molecule has 1 fully saturated rings. The molecule has 1 aromatic carbocycles. The predicted molar refractivity (Wildman–Crippen MR) is 103 cm³/mol. The van der Waals surface area contributed by atoms with Crippen LogP contribution in [0.2, 0.25) is 0 Å². The van der Waals surface area contributed by atoms with Crippen LogP contribution in [0.5, 0.6) is 0 Å². The normalized spacial score (nSPS) is 15.3. The van der Waals surface area contributed by atoms with E-state index in [4.69, 9.17) is 0 Å². The Morgan fingerprint density at radius 2 is 1.88 bits per heavy atom. The van der Waals surface area contributed by atoms with Gasteiger partial charge in [0.2, 0.25) is 0 Å². The Labute approximate surface area is 154 Å². The number of aromatic nitrogens is 1. The number of piperidine rings is 1. The lowest BCUT2D eigenvalue weighted by Gasteiger charge is -2.38. The number of carbonyl (C=O) groups excluding carboxylic acids is 1. The Balaban J connectivity index is 1.63. The second kappa shape index (κ2) is 7.81. The summed E-state index contributed by atoms with van der Waals surface area (Å²) in [6.45, 7) is 5.44. The number of benzene rings is 1. The minimum Gasteiger partial charge on any atom is -0.380 e. The summed E-state index contributed by atoms with van der Waals surface area (Å²) < 4.78 is 15.6. The van der Waals surface area contributed by atoms with Crippen LogP contribution in [0.15, 0.2) is 42.7 Å². The van der Waals surface area contributed by atoms with Crippen LogP contribution in [-0.2, 0) is 0 Å². The molecule has 140 valence electrons. The quantitative estimate of drug-likeness (QED) is 0.897. The lowest BCUT2D eigenvalue weighted by molar-refractivity contribution is 0.182. The summed E-state index contributed by atoms with van der Waals surface area (Å²) in [5.74, 6) is -0.233. The number of likely N-dealkylation sites (tertiary alicyclic amines) is 1. The molecular formula is C20H27FN4O. The predicted octanol–water partition coefficient (Wildman–Crippen LogP) is 4.02. The smallest absolute Gasteiger partial charge is 0.328 e. The molecule has 1 aliphatic rings. The largest absolute Gasteiger partial charge is 0.380 e. The molecule has 0 atom stereocenters. The van der Waals surface area contributed by atoms with E-state index in [2.05, 4.69) is 10.2 Å². The zero-order chi connectivity index (χ0) is 18.7. The average molecular weight is 358 g/mol. The Morgan fingerprint density at radius 1 is 1.23 bits per heavy atom. The van der Waals surface area contributed by atoms with E-state index in [1.807, 2.05) is 50.1 Å². The van der Waals surface area contributed by atoms with Gasteiger partial charge in [-0.1, -0.05) is 0 Å². The Bertz CT molecular complexity index is 736. The van der Waals surface area contributed by atoms with Gasteiger partial charge in [-0.3, -0.25) is 4.57 Å². The first-order valence-electron chi connectivity index (χ1n) is 9.17. The number of halogens is 1. The lowest BCUT2D eigenvalue weighted by atomic mass is 10.0. The zero-order valence-corrected chi connectivity index (χ0v) is 15.7. The Hall–Kier alpha value is -2.50. The van der Waals surface area contributed by atoms with E-state index in [-0.39, 0.29) is 17.9 Å². The van der Waals surface area contributed by atoms with Gasteiger partial charge in [-0.05, 0) is 57.0 Å². The van der Waals surface area contributed by atoms with E-state index in [1.54, 1.807) is 17.0 Å². The van der Waals surface area contributed by atoms with E-state index in [0.717, 1.165) is 31.6 Å². The van der Waals surface area contributed by atoms with Gasteiger partial charge in [-0.2, -0.15) is 0 Å². The average Bonchev–Trinajstić information content (AvgIpc) is 3.17. The molecule has 1 amide bonds. The summed E-state index contributed by atoms with van der Waals surface area (Å²) in [6.07, 6.45) is 5.35. The number of nitrogens with zero attached hydrogens (tertiary/aromatic N) is 3. The minimum atomic E-state index is -0.233. The van der Waals surface area contributed by atoms with Crippen molar-refractivity contribution in [3.8, 4) is 0 Å².